The van der Waals surface area contributed by atoms with Crippen LogP contribution in [0.3, 0.4) is 0 Å². The first-order valence-electron chi connectivity index (χ1n) is 11.0. The van der Waals surface area contributed by atoms with E-state index in [2.05, 4.69) is 23.6 Å². The Labute approximate surface area is 182 Å². The maximum absolute atomic E-state index is 13.0. The number of rotatable bonds is 3. The SMILES string of the molecule is CN1NCc2ccc(-c3ccc(C(=O)N4CCN(C(=O)C5(N)CCC5)CC4)cc3)cc21. The first-order valence-corrected chi connectivity index (χ1v) is 11.0. The van der Waals surface area contributed by atoms with Crippen molar-refractivity contribution in [2.24, 2.45) is 5.73 Å². The quantitative estimate of drug-likeness (QED) is 0.795. The third-order valence-corrected chi connectivity index (χ3v) is 6.94. The molecule has 2 aromatic carbocycles. The summed E-state index contributed by atoms with van der Waals surface area (Å²) in [5, 5.41) is 2.04. The predicted molar refractivity (Wildman–Crippen MR) is 120 cm³/mol. The summed E-state index contributed by atoms with van der Waals surface area (Å²) in [5.41, 5.74) is 14.2. The van der Waals surface area contributed by atoms with Crippen LogP contribution in [-0.4, -0.2) is 60.4 Å². The summed E-state index contributed by atoms with van der Waals surface area (Å²) < 4.78 is 0. The van der Waals surface area contributed by atoms with Crippen LogP contribution in [0.25, 0.3) is 11.1 Å². The summed E-state index contributed by atoms with van der Waals surface area (Å²) in [5.74, 6) is 0.0630. The molecule has 7 nitrogen and oxygen atoms in total. The topological polar surface area (TPSA) is 81.9 Å². The van der Waals surface area contributed by atoms with Crippen molar-refractivity contribution in [1.29, 1.82) is 0 Å². The molecule has 2 fully saturated rings. The molecule has 7 heteroatoms. The Kier molecular flexibility index (Phi) is 4.95. The van der Waals surface area contributed by atoms with Crippen molar-refractivity contribution in [3.63, 3.8) is 0 Å². The van der Waals surface area contributed by atoms with Crippen LogP contribution in [0, 0.1) is 0 Å². The number of nitrogens with two attached hydrogens (primary N) is 1. The van der Waals surface area contributed by atoms with Crippen molar-refractivity contribution in [2.45, 2.75) is 31.3 Å². The van der Waals surface area contributed by atoms with Gasteiger partial charge in [0.15, 0.2) is 0 Å². The third-order valence-electron chi connectivity index (χ3n) is 6.94. The van der Waals surface area contributed by atoms with Gasteiger partial charge in [-0.15, -0.1) is 0 Å². The number of anilines is 1. The van der Waals surface area contributed by atoms with Crippen LogP contribution in [0.5, 0.6) is 0 Å². The minimum atomic E-state index is -0.662. The molecule has 5 rings (SSSR count). The zero-order valence-corrected chi connectivity index (χ0v) is 17.9. The van der Waals surface area contributed by atoms with E-state index in [0.717, 1.165) is 36.9 Å². The van der Waals surface area contributed by atoms with Gasteiger partial charge in [0, 0.05) is 45.3 Å². The average molecular weight is 420 g/mol. The lowest BCUT2D eigenvalue weighted by atomic mass is 9.76. The molecule has 1 saturated carbocycles. The minimum absolute atomic E-state index is 0.0163. The number of nitrogens with one attached hydrogen (secondary N) is 1. The van der Waals surface area contributed by atoms with E-state index in [9.17, 15) is 9.59 Å². The zero-order valence-electron chi connectivity index (χ0n) is 17.9. The smallest absolute Gasteiger partial charge is 0.253 e. The van der Waals surface area contributed by atoms with E-state index in [-0.39, 0.29) is 11.8 Å². The van der Waals surface area contributed by atoms with Gasteiger partial charge in [0.05, 0.1) is 11.2 Å². The van der Waals surface area contributed by atoms with Gasteiger partial charge in [0.1, 0.15) is 0 Å². The van der Waals surface area contributed by atoms with Gasteiger partial charge in [0.25, 0.3) is 5.91 Å². The third kappa shape index (κ3) is 3.58. The van der Waals surface area contributed by atoms with E-state index in [1.165, 1.54) is 11.3 Å². The first-order chi connectivity index (χ1) is 14.9. The van der Waals surface area contributed by atoms with Crippen molar-refractivity contribution in [3.05, 3.63) is 53.6 Å². The summed E-state index contributed by atoms with van der Waals surface area (Å²) in [6.07, 6.45) is 2.57. The molecule has 2 amide bonds. The Hall–Kier alpha value is -2.90. The Morgan fingerprint density at radius 1 is 0.935 bits per heavy atom. The van der Waals surface area contributed by atoms with Crippen LogP contribution in [0.4, 0.5) is 5.69 Å². The van der Waals surface area contributed by atoms with Crippen molar-refractivity contribution < 1.29 is 9.59 Å². The Morgan fingerprint density at radius 3 is 2.23 bits per heavy atom. The molecule has 162 valence electrons. The highest BCUT2D eigenvalue weighted by Gasteiger charge is 2.43. The first kappa shape index (κ1) is 20.0. The van der Waals surface area contributed by atoms with Crippen molar-refractivity contribution in [2.75, 3.05) is 38.2 Å². The number of hydrogen-bond acceptors (Lipinski definition) is 5. The molecule has 1 saturated heterocycles. The Morgan fingerprint density at radius 2 is 1.58 bits per heavy atom. The highest BCUT2D eigenvalue weighted by Crippen LogP contribution is 2.32. The number of carbonyl (C=O) groups excluding carboxylic acids is 2. The highest BCUT2D eigenvalue weighted by atomic mass is 16.2. The number of hydrogen-bond donors (Lipinski definition) is 2. The zero-order chi connectivity index (χ0) is 21.6. The van der Waals surface area contributed by atoms with E-state index in [4.69, 9.17) is 5.73 Å². The summed E-state index contributed by atoms with van der Waals surface area (Å²) in [6.45, 7) is 3.06. The van der Waals surface area contributed by atoms with Gasteiger partial charge in [0.2, 0.25) is 5.91 Å². The minimum Gasteiger partial charge on any atom is -0.338 e. The average Bonchev–Trinajstić information content (AvgIpc) is 3.17. The molecule has 0 bridgehead atoms. The largest absolute Gasteiger partial charge is 0.338 e. The molecule has 0 unspecified atom stereocenters. The van der Waals surface area contributed by atoms with Gasteiger partial charge in [-0.25, -0.2) is 5.43 Å². The van der Waals surface area contributed by atoms with Gasteiger partial charge in [-0.1, -0.05) is 24.3 Å². The molecular weight excluding hydrogens is 390 g/mol. The molecule has 2 aliphatic heterocycles. The van der Waals surface area contributed by atoms with E-state index >= 15 is 0 Å². The maximum atomic E-state index is 13.0. The summed E-state index contributed by atoms with van der Waals surface area (Å²) in [6, 6.07) is 14.3. The van der Waals surface area contributed by atoms with E-state index < -0.39 is 5.54 Å². The van der Waals surface area contributed by atoms with Gasteiger partial charge >= 0.3 is 0 Å². The second kappa shape index (κ2) is 7.66. The molecule has 3 N–H and O–H groups in total. The van der Waals surface area contributed by atoms with E-state index in [0.29, 0.717) is 31.7 Å². The molecule has 2 aromatic rings. The lowest BCUT2D eigenvalue weighted by molar-refractivity contribution is -0.141. The van der Waals surface area contributed by atoms with Gasteiger partial charge in [-0.2, -0.15) is 0 Å². The molecule has 31 heavy (non-hydrogen) atoms. The number of carbonyl (C=O) groups is 2. The van der Waals surface area contributed by atoms with Gasteiger partial charge in [-0.3, -0.25) is 9.59 Å². The lowest BCUT2D eigenvalue weighted by Gasteiger charge is -2.43. The Balaban J connectivity index is 1.23. The van der Waals surface area contributed by atoms with Crippen molar-refractivity contribution >= 4 is 17.5 Å². The standard InChI is InChI=1S/C24H29N5O2/c1-27-21-15-19(7-8-20(21)16-26-27)17-3-5-18(6-4-17)22(30)28-11-13-29(14-12-28)23(31)24(25)9-2-10-24/h3-8,15,26H,2,9-14,16,25H2,1H3. The monoisotopic (exact) mass is 419 g/mol. The molecule has 1 aliphatic carbocycles. The molecule has 0 radical (unpaired) electrons. The fourth-order valence-corrected chi connectivity index (χ4v) is 4.68. The van der Waals surface area contributed by atoms with Gasteiger partial charge < -0.3 is 20.5 Å². The molecule has 3 aliphatic rings. The maximum Gasteiger partial charge on any atom is 0.253 e. The van der Waals surface area contributed by atoms with Crippen LogP contribution in [0.15, 0.2) is 42.5 Å². The number of hydrazine groups is 1. The number of nitrogens with zero attached hydrogens (tertiary/aromatic N) is 3. The van der Waals surface area contributed by atoms with Crippen LogP contribution in [0.2, 0.25) is 0 Å². The van der Waals surface area contributed by atoms with Crippen LogP contribution in [0.1, 0.15) is 35.2 Å². The van der Waals surface area contributed by atoms with Crippen LogP contribution >= 0.6 is 0 Å². The number of amides is 2. The number of benzene rings is 2. The van der Waals surface area contributed by atoms with E-state index in [1.54, 1.807) is 0 Å². The van der Waals surface area contributed by atoms with Crippen LogP contribution in [-0.2, 0) is 11.3 Å². The summed E-state index contributed by atoms with van der Waals surface area (Å²) in [7, 11) is 2.02. The molecule has 0 spiro atoms. The molecular formula is C24H29N5O2. The second-order valence-corrected chi connectivity index (χ2v) is 8.91. The van der Waals surface area contributed by atoms with Gasteiger partial charge in [-0.05, 0) is 54.2 Å². The molecule has 0 atom stereocenters. The number of fused-ring (bicyclic) bond motifs is 1. The predicted octanol–water partition coefficient (Wildman–Crippen LogP) is 1.97. The highest BCUT2D eigenvalue weighted by molar-refractivity contribution is 5.95. The summed E-state index contributed by atoms with van der Waals surface area (Å²) in [4.78, 5) is 29.2. The second-order valence-electron chi connectivity index (χ2n) is 8.91. The van der Waals surface area contributed by atoms with Crippen LogP contribution < -0.4 is 16.2 Å². The van der Waals surface area contributed by atoms with Crippen molar-refractivity contribution in [1.82, 2.24) is 15.2 Å². The molecule has 2 heterocycles. The Bertz CT molecular complexity index is 1010. The molecule has 0 aromatic heterocycles. The number of piperazine rings is 1. The fourth-order valence-electron chi connectivity index (χ4n) is 4.68. The lowest BCUT2D eigenvalue weighted by Crippen LogP contribution is -2.62. The fraction of sp³-hybridized carbons (Fsp3) is 0.417. The normalized spacial score (nSPS) is 19.7. The summed E-state index contributed by atoms with van der Waals surface area (Å²) >= 11 is 0. The van der Waals surface area contributed by atoms with E-state index in [1.807, 2.05) is 46.1 Å². The van der Waals surface area contributed by atoms with Crippen molar-refractivity contribution in [3.8, 4) is 11.1 Å².